The molecule has 0 aliphatic heterocycles. The molecule has 0 fully saturated rings. The molecular weight excluding hydrogens is 280 g/mol. The second kappa shape index (κ2) is 2.86. The van der Waals surface area contributed by atoms with Crippen LogP contribution in [0.2, 0.25) is 0 Å². The molecule has 4 N–H and O–H groups in total. The smallest absolute Gasteiger partial charge is 0.286 e. The van der Waals surface area contributed by atoms with Crippen molar-refractivity contribution in [1.82, 2.24) is 0 Å². The summed E-state index contributed by atoms with van der Waals surface area (Å²) in [6.45, 7) is 0. The maximum absolute atomic E-state index is 10.6. The van der Waals surface area contributed by atoms with Crippen LogP contribution in [-0.2, 0) is 0 Å². The van der Waals surface area contributed by atoms with Crippen LogP contribution in [0.1, 0.15) is 10.6 Å². The molecule has 0 aromatic carbocycles. The Kier molecular flexibility index (Phi) is 2.24. The summed E-state index contributed by atoms with van der Waals surface area (Å²) in [6, 6.07) is 0. The van der Waals surface area contributed by atoms with Crippen LogP contribution < -0.4 is 11.5 Å². The number of primary amides is 1. The van der Waals surface area contributed by atoms with Crippen molar-refractivity contribution in [2.24, 2.45) is 5.73 Å². The van der Waals surface area contributed by atoms with Gasteiger partial charge >= 0.3 is 0 Å². The van der Waals surface area contributed by atoms with E-state index in [1.165, 1.54) is 0 Å². The van der Waals surface area contributed by atoms with Crippen LogP contribution in [0.4, 0.5) is 5.69 Å². The van der Waals surface area contributed by atoms with Crippen LogP contribution in [0.15, 0.2) is 13.6 Å². The molecule has 0 atom stereocenters. The van der Waals surface area contributed by atoms with Gasteiger partial charge in [-0.05, 0) is 31.9 Å². The fourth-order valence-corrected chi connectivity index (χ4v) is 1.21. The van der Waals surface area contributed by atoms with E-state index >= 15 is 0 Å². The van der Waals surface area contributed by atoms with E-state index in [4.69, 9.17) is 15.9 Å². The quantitative estimate of drug-likeness (QED) is 0.819. The van der Waals surface area contributed by atoms with Crippen LogP contribution in [0.5, 0.6) is 0 Å². The zero-order valence-electron chi connectivity index (χ0n) is 5.23. The Hall–Kier alpha value is -0.490. The van der Waals surface area contributed by atoms with Crippen LogP contribution in [0.3, 0.4) is 0 Å². The number of rotatable bonds is 1. The van der Waals surface area contributed by atoms with Crippen molar-refractivity contribution in [3.63, 3.8) is 0 Å². The maximum atomic E-state index is 10.6. The highest BCUT2D eigenvalue weighted by atomic mass is 79.9. The minimum absolute atomic E-state index is 0.0382. The molecule has 0 radical (unpaired) electrons. The lowest BCUT2D eigenvalue weighted by atomic mass is 10.4. The van der Waals surface area contributed by atoms with Crippen LogP contribution in [0, 0.1) is 0 Å². The first-order chi connectivity index (χ1) is 5.04. The number of carbonyl (C=O) groups excluding carboxylic acids is 1. The molecule has 0 bridgehead atoms. The average molecular weight is 284 g/mol. The summed E-state index contributed by atoms with van der Waals surface area (Å²) in [5.41, 5.74) is 10.6. The normalized spacial score (nSPS) is 10.0. The van der Waals surface area contributed by atoms with Gasteiger partial charge in [0, 0.05) is 0 Å². The first-order valence-electron chi connectivity index (χ1n) is 2.57. The molecule has 60 valence electrons. The molecule has 11 heavy (non-hydrogen) atoms. The summed E-state index contributed by atoms with van der Waals surface area (Å²) < 4.78 is 5.75. The summed E-state index contributed by atoms with van der Waals surface area (Å²) >= 11 is 6.13. The van der Waals surface area contributed by atoms with Gasteiger partial charge in [0.25, 0.3) is 5.91 Å². The lowest BCUT2D eigenvalue weighted by Gasteiger charge is -1.88. The van der Waals surface area contributed by atoms with Gasteiger partial charge in [-0.3, -0.25) is 4.79 Å². The predicted molar refractivity (Wildman–Crippen MR) is 47.0 cm³/mol. The molecule has 1 heterocycles. The highest BCUT2D eigenvalue weighted by Crippen LogP contribution is 2.34. The standard InChI is InChI=1S/C5H4Br2N2O2/c6-1-2(8)3(5(9)10)11-4(1)7/h8H2,(H2,9,10). The van der Waals surface area contributed by atoms with E-state index in [-0.39, 0.29) is 11.4 Å². The van der Waals surface area contributed by atoms with Crippen molar-refractivity contribution in [1.29, 1.82) is 0 Å². The summed E-state index contributed by atoms with van der Waals surface area (Å²) in [5, 5.41) is 0. The Morgan fingerprint density at radius 2 is 2.00 bits per heavy atom. The van der Waals surface area contributed by atoms with Crippen molar-refractivity contribution < 1.29 is 9.21 Å². The van der Waals surface area contributed by atoms with E-state index in [0.717, 1.165) is 0 Å². The summed E-state index contributed by atoms with van der Waals surface area (Å²) in [5.74, 6) is -0.724. The molecular formula is C5H4Br2N2O2. The van der Waals surface area contributed by atoms with E-state index in [2.05, 4.69) is 31.9 Å². The monoisotopic (exact) mass is 282 g/mol. The minimum atomic E-state index is -0.686. The third kappa shape index (κ3) is 1.41. The van der Waals surface area contributed by atoms with Gasteiger partial charge in [-0.2, -0.15) is 0 Å². The Morgan fingerprint density at radius 3 is 2.18 bits per heavy atom. The van der Waals surface area contributed by atoms with E-state index in [1.54, 1.807) is 0 Å². The third-order valence-electron chi connectivity index (χ3n) is 1.07. The zero-order valence-corrected chi connectivity index (χ0v) is 8.40. The van der Waals surface area contributed by atoms with E-state index in [0.29, 0.717) is 9.14 Å². The number of hydrogen-bond donors (Lipinski definition) is 2. The number of nitrogens with two attached hydrogens (primary N) is 2. The van der Waals surface area contributed by atoms with E-state index < -0.39 is 5.91 Å². The maximum Gasteiger partial charge on any atom is 0.286 e. The Labute approximate surface area is 79.2 Å². The molecule has 0 saturated heterocycles. The number of anilines is 1. The molecule has 0 aliphatic carbocycles. The third-order valence-corrected chi connectivity index (χ3v) is 2.95. The number of nitrogen functional groups attached to an aromatic ring is 1. The zero-order chi connectivity index (χ0) is 8.59. The van der Waals surface area contributed by atoms with Crippen molar-refractivity contribution in [3.8, 4) is 0 Å². The van der Waals surface area contributed by atoms with Gasteiger partial charge in [0.05, 0.1) is 10.2 Å². The molecule has 1 aromatic heterocycles. The van der Waals surface area contributed by atoms with Crippen LogP contribution >= 0.6 is 31.9 Å². The molecule has 1 aromatic rings. The number of amides is 1. The predicted octanol–water partition coefficient (Wildman–Crippen LogP) is 1.49. The second-order valence-electron chi connectivity index (χ2n) is 1.80. The second-order valence-corrected chi connectivity index (χ2v) is 3.31. The number of hydrogen-bond acceptors (Lipinski definition) is 3. The van der Waals surface area contributed by atoms with Gasteiger partial charge in [-0.25, -0.2) is 0 Å². The Morgan fingerprint density at radius 1 is 1.45 bits per heavy atom. The molecule has 0 aliphatic rings. The Balaban J connectivity index is 3.29. The van der Waals surface area contributed by atoms with Gasteiger partial charge in [0.15, 0.2) is 4.67 Å². The highest BCUT2D eigenvalue weighted by Gasteiger charge is 2.17. The number of carbonyl (C=O) groups is 1. The fourth-order valence-electron chi connectivity index (χ4n) is 0.578. The van der Waals surface area contributed by atoms with Crippen molar-refractivity contribution in [2.45, 2.75) is 0 Å². The van der Waals surface area contributed by atoms with Crippen LogP contribution in [-0.4, -0.2) is 5.91 Å². The lowest BCUT2D eigenvalue weighted by molar-refractivity contribution is 0.0974. The van der Waals surface area contributed by atoms with E-state index in [9.17, 15) is 4.79 Å². The van der Waals surface area contributed by atoms with Gasteiger partial charge in [0.2, 0.25) is 5.76 Å². The summed E-state index contributed by atoms with van der Waals surface area (Å²) in [7, 11) is 0. The molecule has 1 amide bonds. The summed E-state index contributed by atoms with van der Waals surface area (Å²) in [4.78, 5) is 10.6. The summed E-state index contributed by atoms with van der Waals surface area (Å²) in [6.07, 6.45) is 0. The fraction of sp³-hybridized carbons (Fsp3) is 0. The number of furan rings is 1. The van der Waals surface area contributed by atoms with Crippen molar-refractivity contribution >= 4 is 43.5 Å². The largest absolute Gasteiger partial charge is 0.441 e. The molecule has 0 spiro atoms. The highest BCUT2D eigenvalue weighted by molar-refractivity contribution is 9.13. The van der Waals surface area contributed by atoms with Crippen LogP contribution in [0.25, 0.3) is 0 Å². The molecule has 0 unspecified atom stereocenters. The van der Waals surface area contributed by atoms with Crippen molar-refractivity contribution in [3.05, 3.63) is 14.9 Å². The first kappa shape index (κ1) is 8.61. The molecule has 6 heteroatoms. The SMILES string of the molecule is NC(=O)c1oc(Br)c(Br)c1N. The molecule has 4 nitrogen and oxygen atoms in total. The average Bonchev–Trinajstić information content (AvgIpc) is 2.17. The van der Waals surface area contributed by atoms with Gasteiger partial charge in [-0.15, -0.1) is 0 Å². The topological polar surface area (TPSA) is 82.2 Å². The van der Waals surface area contributed by atoms with E-state index in [1.807, 2.05) is 0 Å². The number of halogens is 2. The van der Waals surface area contributed by atoms with Gasteiger partial charge < -0.3 is 15.9 Å². The Bertz CT molecular complexity index is 308. The molecule has 1 rings (SSSR count). The van der Waals surface area contributed by atoms with Gasteiger partial charge in [-0.1, -0.05) is 0 Å². The lowest BCUT2D eigenvalue weighted by Crippen LogP contribution is -2.11. The minimum Gasteiger partial charge on any atom is -0.441 e. The van der Waals surface area contributed by atoms with Gasteiger partial charge in [0.1, 0.15) is 0 Å². The molecule has 0 saturated carbocycles. The van der Waals surface area contributed by atoms with Crippen molar-refractivity contribution in [2.75, 3.05) is 5.73 Å². The first-order valence-corrected chi connectivity index (χ1v) is 4.15.